The third-order valence-electron chi connectivity index (χ3n) is 9.54. The molecule has 0 amide bonds. The predicted octanol–water partition coefficient (Wildman–Crippen LogP) is 11.8. The Morgan fingerprint density at radius 3 is 1.51 bits per heavy atom. The van der Waals surface area contributed by atoms with Crippen LogP contribution in [0.4, 0.5) is 0 Å². The number of fused-ring (bicyclic) bond motifs is 9. The Kier molecular flexibility index (Phi) is 4.91. The van der Waals surface area contributed by atoms with Crippen LogP contribution in [0, 0.1) is 0 Å². The van der Waals surface area contributed by atoms with E-state index in [0.717, 1.165) is 49.4 Å². The minimum atomic E-state index is -0.492. The van der Waals surface area contributed by atoms with Crippen LogP contribution >= 0.6 is 0 Å². The molecular weight excluding hydrogens is 629 g/mol. The first-order valence-corrected chi connectivity index (χ1v) is 16.5. The largest absolute Gasteiger partial charge is 0.456 e. The second kappa shape index (κ2) is 10.7. The van der Waals surface area contributed by atoms with Gasteiger partial charge in [-0.3, -0.25) is 0 Å². The molecule has 0 spiro atoms. The first kappa shape index (κ1) is 23.3. The molecular formula is C45H26N4O2. The van der Waals surface area contributed by atoms with Crippen LogP contribution in [-0.2, 0) is 0 Å². The molecule has 11 aromatic rings. The fourth-order valence-electron chi connectivity index (χ4n) is 7.22. The minimum absolute atomic E-state index is 0.0371. The highest BCUT2D eigenvalue weighted by molar-refractivity contribution is 6.11. The summed E-state index contributed by atoms with van der Waals surface area (Å²) in [6.07, 6.45) is 0. The molecule has 0 saturated heterocycles. The molecule has 11 rings (SSSR count). The number of hydrogen-bond donors (Lipinski definition) is 0. The average molecular weight is 660 g/mol. The summed E-state index contributed by atoms with van der Waals surface area (Å²) in [5, 5.41) is 5.89. The van der Waals surface area contributed by atoms with Gasteiger partial charge in [0.2, 0.25) is 0 Å². The molecule has 6 nitrogen and oxygen atoms in total. The Balaban J connectivity index is 1.13. The van der Waals surface area contributed by atoms with Crippen molar-refractivity contribution in [2.75, 3.05) is 0 Å². The molecule has 0 atom stereocenters. The van der Waals surface area contributed by atoms with Gasteiger partial charge in [-0.15, -0.1) is 0 Å². The zero-order valence-electron chi connectivity index (χ0n) is 31.7. The van der Waals surface area contributed by atoms with E-state index in [1.807, 2.05) is 78.9 Å². The lowest BCUT2D eigenvalue weighted by Gasteiger charge is -2.09. The van der Waals surface area contributed by atoms with E-state index in [0.29, 0.717) is 22.3 Å². The van der Waals surface area contributed by atoms with E-state index in [2.05, 4.69) is 53.1 Å². The summed E-state index contributed by atoms with van der Waals surface area (Å²) in [5.74, 6) is 0.503. The Labute approximate surface area is 297 Å². The van der Waals surface area contributed by atoms with Gasteiger partial charge in [0.05, 0.1) is 17.9 Å². The van der Waals surface area contributed by atoms with Gasteiger partial charge in [0.25, 0.3) is 0 Å². The first-order valence-electron chi connectivity index (χ1n) is 19.0. The molecule has 0 bridgehead atoms. The van der Waals surface area contributed by atoms with E-state index in [9.17, 15) is 0 Å². The van der Waals surface area contributed by atoms with Gasteiger partial charge in [0.15, 0.2) is 17.5 Å². The number of hydrogen-bond acceptors (Lipinski definition) is 5. The predicted molar refractivity (Wildman–Crippen MR) is 205 cm³/mol. The van der Waals surface area contributed by atoms with Crippen LogP contribution in [0.2, 0.25) is 0 Å². The average Bonchev–Trinajstić information content (AvgIpc) is 3.91. The molecule has 0 N–H and O–H groups in total. The normalized spacial score (nSPS) is 13.3. The lowest BCUT2D eigenvalue weighted by molar-refractivity contribution is 0.668. The van der Waals surface area contributed by atoms with Crippen LogP contribution < -0.4 is 0 Å². The molecule has 0 saturated carbocycles. The van der Waals surface area contributed by atoms with Gasteiger partial charge in [-0.05, 0) is 72.8 Å². The topological polar surface area (TPSA) is 69.9 Å². The van der Waals surface area contributed by atoms with Crippen molar-refractivity contribution < 1.29 is 15.7 Å². The summed E-state index contributed by atoms with van der Waals surface area (Å²) < 4.78 is 57.1. The maximum atomic E-state index is 8.76. The van der Waals surface area contributed by atoms with E-state index in [1.165, 1.54) is 10.8 Å². The van der Waals surface area contributed by atoms with Crippen LogP contribution in [0.25, 0.3) is 106 Å². The quantitative estimate of drug-likeness (QED) is 0.188. The summed E-state index contributed by atoms with van der Waals surface area (Å²) in [6.45, 7) is 0. The zero-order valence-corrected chi connectivity index (χ0v) is 26.7. The van der Waals surface area contributed by atoms with Gasteiger partial charge in [-0.25, -0.2) is 15.0 Å². The molecule has 6 heteroatoms. The zero-order chi connectivity index (χ0) is 37.8. The van der Waals surface area contributed by atoms with E-state index >= 15 is 0 Å². The van der Waals surface area contributed by atoms with E-state index < -0.39 is 30.2 Å². The Bertz CT molecular complexity index is 3380. The van der Waals surface area contributed by atoms with Gasteiger partial charge in [-0.2, -0.15) is 0 Å². The van der Waals surface area contributed by atoms with Gasteiger partial charge in [-0.1, -0.05) is 84.8 Å². The monoisotopic (exact) mass is 659 g/mol. The van der Waals surface area contributed by atoms with Crippen LogP contribution in [0.5, 0.6) is 0 Å². The molecule has 4 aromatic heterocycles. The summed E-state index contributed by atoms with van der Waals surface area (Å²) in [5.41, 5.74) is 7.20. The molecule has 0 aliphatic heterocycles. The second-order valence-corrected chi connectivity index (χ2v) is 12.5. The fraction of sp³-hybridized carbons (Fsp3) is 0. The molecule has 0 unspecified atom stereocenters. The summed E-state index contributed by atoms with van der Waals surface area (Å²) in [6, 6.07) is 39.8. The van der Waals surface area contributed by atoms with Crippen molar-refractivity contribution in [2.45, 2.75) is 0 Å². The van der Waals surface area contributed by atoms with Crippen molar-refractivity contribution in [1.82, 2.24) is 19.5 Å². The Hall–Kier alpha value is -7.05. The highest BCUT2D eigenvalue weighted by Gasteiger charge is 2.18. The van der Waals surface area contributed by atoms with Crippen LogP contribution in [0.1, 0.15) is 6.85 Å². The first-order chi connectivity index (χ1) is 27.3. The Morgan fingerprint density at radius 2 is 0.882 bits per heavy atom. The smallest absolute Gasteiger partial charge is 0.164 e. The number of rotatable bonds is 4. The highest BCUT2D eigenvalue weighted by Crippen LogP contribution is 2.37. The maximum absolute atomic E-state index is 8.76. The number of aromatic nitrogens is 4. The van der Waals surface area contributed by atoms with Crippen molar-refractivity contribution in [3.63, 3.8) is 0 Å². The van der Waals surface area contributed by atoms with Crippen molar-refractivity contribution in [3.05, 3.63) is 158 Å². The van der Waals surface area contributed by atoms with Crippen LogP contribution in [0.15, 0.2) is 166 Å². The molecule has 0 aliphatic carbocycles. The highest BCUT2D eigenvalue weighted by atomic mass is 16.3. The molecule has 0 aliphatic rings. The lowest BCUT2D eigenvalue weighted by Crippen LogP contribution is -2.00. The van der Waals surface area contributed by atoms with E-state index in [4.69, 9.17) is 30.6 Å². The van der Waals surface area contributed by atoms with Crippen molar-refractivity contribution in [1.29, 1.82) is 0 Å². The van der Waals surface area contributed by atoms with Gasteiger partial charge in [0.1, 0.15) is 22.3 Å². The number of benzene rings is 7. The molecule has 51 heavy (non-hydrogen) atoms. The van der Waals surface area contributed by atoms with Gasteiger partial charge in [0, 0.05) is 54.7 Å². The summed E-state index contributed by atoms with van der Waals surface area (Å²) in [7, 11) is 0. The van der Waals surface area contributed by atoms with Crippen molar-refractivity contribution >= 4 is 65.7 Å². The molecule has 0 radical (unpaired) electrons. The van der Waals surface area contributed by atoms with Crippen LogP contribution in [-0.4, -0.2) is 19.5 Å². The maximum Gasteiger partial charge on any atom is 0.164 e. The summed E-state index contributed by atoms with van der Waals surface area (Å²) in [4.78, 5) is 14.5. The van der Waals surface area contributed by atoms with Gasteiger partial charge < -0.3 is 13.4 Å². The number of para-hydroxylation sites is 3. The standard InChI is InChI=1S/C45H26N4O2/c1-2-10-27(11-3-1)43-46-44(28-18-21-40-34(24-28)33-14-6-9-17-39(33)50-40)48-45(47-43)29-19-22-41-35(25-29)36-26-30(20-23-42(36)51-41)49-37-15-7-4-12-31(37)32-13-5-8-16-38(32)49/h1-26H/i1D,2D,3D,10D,11D. The van der Waals surface area contributed by atoms with E-state index in [1.54, 1.807) is 0 Å². The SMILES string of the molecule is [2H]c1c([2H])c([2H])c(-c2nc(-c3ccc4oc5ccccc5c4c3)nc(-c3ccc4oc5ccc(-n6c7ccccc7c7ccccc76)cc5c4c3)n2)c([2H])c1[2H]. The number of furan rings is 2. The summed E-state index contributed by atoms with van der Waals surface area (Å²) >= 11 is 0. The van der Waals surface area contributed by atoms with Crippen molar-refractivity contribution in [3.8, 4) is 39.9 Å². The molecule has 238 valence electrons. The molecule has 4 heterocycles. The second-order valence-electron chi connectivity index (χ2n) is 12.5. The molecule has 0 fully saturated rings. The minimum Gasteiger partial charge on any atom is -0.456 e. The van der Waals surface area contributed by atoms with E-state index in [-0.39, 0.29) is 23.0 Å². The van der Waals surface area contributed by atoms with Crippen molar-refractivity contribution in [2.24, 2.45) is 0 Å². The third kappa shape index (κ3) is 4.33. The fourth-order valence-corrected chi connectivity index (χ4v) is 7.22. The Morgan fingerprint density at radius 1 is 0.412 bits per heavy atom. The molecule has 7 aromatic carbocycles. The third-order valence-corrected chi connectivity index (χ3v) is 9.54. The number of nitrogens with zero attached hydrogens (tertiary/aromatic N) is 4. The lowest BCUT2D eigenvalue weighted by atomic mass is 10.1. The van der Waals surface area contributed by atoms with Crippen LogP contribution in [0.3, 0.4) is 0 Å². The van der Waals surface area contributed by atoms with Gasteiger partial charge >= 0.3 is 0 Å².